The number of ether oxygens (including phenoxy) is 1. The number of nitrogens with zero attached hydrogens (tertiary/aromatic N) is 4. The Hall–Kier alpha value is -2.03. The molecule has 0 spiro atoms. The summed E-state index contributed by atoms with van der Waals surface area (Å²) in [6.45, 7) is 1.64. The van der Waals surface area contributed by atoms with Gasteiger partial charge in [-0.2, -0.15) is 14.6 Å². The molecule has 1 aliphatic heterocycles. The molecule has 2 aliphatic rings. The molecule has 0 bridgehead atoms. The van der Waals surface area contributed by atoms with Gasteiger partial charge in [-0.15, -0.1) is 0 Å². The lowest BCUT2D eigenvalue weighted by Crippen LogP contribution is -2.49. The van der Waals surface area contributed by atoms with Crippen molar-refractivity contribution in [3.8, 4) is 11.9 Å². The molecule has 28 heavy (non-hydrogen) atoms. The van der Waals surface area contributed by atoms with Gasteiger partial charge in [-0.05, 0) is 32.6 Å². The second-order valence-electron chi connectivity index (χ2n) is 7.56. The average Bonchev–Trinajstić information content (AvgIpc) is 2.94. The van der Waals surface area contributed by atoms with Crippen molar-refractivity contribution >= 4 is 16.0 Å². The Labute approximate surface area is 163 Å². The third-order valence-corrected chi connectivity index (χ3v) is 6.53. The summed E-state index contributed by atoms with van der Waals surface area (Å²) in [6, 6.07) is 1.29. The molecule has 0 radical (unpaired) electrons. The van der Waals surface area contributed by atoms with Crippen molar-refractivity contribution in [3.05, 3.63) is 11.8 Å². The van der Waals surface area contributed by atoms with Crippen LogP contribution in [0.1, 0.15) is 38.2 Å². The van der Waals surface area contributed by atoms with E-state index in [1.165, 1.54) is 6.20 Å². The maximum Gasteiger partial charge on any atom is 0.236 e. The van der Waals surface area contributed by atoms with Crippen LogP contribution in [0.5, 0.6) is 5.88 Å². The normalized spacial score (nSPS) is 31.3. The molecule has 1 saturated carbocycles. The number of sulfonamides is 1. The topological polar surface area (TPSA) is 128 Å². The van der Waals surface area contributed by atoms with E-state index < -0.39 is 33.9 Å². The summed E-state index contributed by atoms with van der Waals surface area (Å²) in [5, 5.41) is 22.5. The van der Waals surface area contributed by atoms with Crippen molar-refractivity contribution in [2.75, 3.05) is 24.7 Å². The van der Waals surface area contributed by atoms with Gasteiger partial charge in [0.25, 0.3) is 0 Å². The van der Waals surface area contributed by atoms with Gasteiger partial charge in [0.05, 0.1) is 24.1 Å². The van der Waals surface area contributed by atoms with Crippen LogP contribution in [0.4, 0.5) is 10.3 Å². The molecule has 0 unspecified atom stereocenters. The van der Waals surface area contributed by atoms with Crippen molar-refractivity contribution in [3.63, 3.8) is 0 Å². The molecular weight excluding hydrogens is 389 g/mol. The van der Waals surface area contributed by atoms with Crippen LogP contribution in [0.3, 0.4) is 0 Å². The minimum Gasteiger partial charge on any atom is -0.470 e. The van der Waals surface area contributed by atoms with Gasteiger partial charge < -0.3 is 15.2 Å². The Morgan fingerprint density at radius 3 is 2.82 bits per heavy atom. The van der Waals surface area contributed by atoms with Crippen molar-refractivity contribution in [2.24, 2.45) is 0 Å². The fourth-order valence-electron chi connectivity index (χ4n) is 3.55. The van der Waals surface area contributed by atoms with E-state index >= 15 is 0 Å². The molecule has 3 rings (SSSR count). The van der Waals surface area contributed by atoms with E-state index in [1.54, 1.807) is 6.92 Å². The zero-order valence-electron chi connectivity index (χ0n) is 15.8. The summed E-state index contributed by atoms with van der Waals surface area (Å²) in [6.07, 6.45) is 2.71. The van der Waals surface area contributed by atoms with Gasteiger partial charge in [-0.1, -0.05) is 0 Å². The quantitative estimate of drug-likeness (QED) is 0.726. The average molecular weight is 413 g/mol. The predicted octanol–water partition coefficient (Wildman–Crippen LogP) is 0.814. The van der Waals surface area contributed by atoms with Gasteiger partial charge in [0.2, 0.25) is 21.9 Å². The number of aliphatic hydroxyl groups is 1. The third kappa shape index (κ3) is 4.51. The lowest BCUT2D eigenvalue weighted by Gasteiger charge is -2.33. The molecule has 9 nitrogen and oxygen atoms in total. The number of alkyl halides is 1. The van der Waals surface area contributed by atoms with Gasteiger partial charge in [-0.25, -0.2) is 17.8 Å². The number of aromatic nitrogens is 2. The molecule has 154 valence electrons. The highest BCUT2D eigenvalue weighted by atomic mass is 32.2. The van der Waals surface area contributed by atoms with Gasteiger partial charge in [0.15, 0.2) is 0 Å². The molecule has 2 heterocycles. The predicted molar refractivity (Wildman–Crippen MR) is 99.0 cm³/mol. The molecule has 0 aromatic carbocycles. The first-order chi connectivity index (χ1) is 13.1. The van der Waals surface area contributed by atoms with Gasteiger partial charge in [-0.3, -0.25) is 0 Å². The number of nitriles is 1. The van der Waals surface area contributed by atoms with Crippen molar-refractivity contribution in [1.82, 2.24) is 14.3 Å². The first-order valence-corrected chi connectivity index (χ1v) is 11.0. The number of piperidine rings is 1. The molecule has 11 heteroatoms. The Kier molecular flexibility index (Phi) is 5.74. The highest BCUT2D eigenvalue weighted by molar-refractivity contribution is 7.88. The van der Waals surface area contributed by atoms with E-state index in [-0.39, 0.29) is 36.9 Å². The second-order valence-corrected chi connectivity index (χ2v) is 9.54. The molecule has 1 aromatic heterocycles. The first-order valence-electron chi connectivity index (χ1n) is 9.12. The van der Waals surface area contributed by atoms with E-state index in [2.05, 4.69) is 15.3 Å². The molecule has 1 saturated heterocycles. The number of rotatable bonds is 5. The minimum absolute atomic E-state index is 0.0381. The summed E-state index contributed by atoms with van der Waals surface area (Å²) in [5.41, 5.74) is -0.884. The van der Waals surface area contributed by atoms with E-state index in [9.17, 15) is 23.2 Å². The molecule has 2 fully saturated rings. The van der Waals surface area contributed by atoms with Gasteiger partial charge in [0.1, 0.15) is 23.9 Å². The Morgan fingerprint density at radius 2 is 2.25 bits per heavy atom. The summed E-state index contributed by atoms with van der Waals surface area (Å²) in [4.78, 5) is 8.22. The molecule has 0 amide bonds. The Balaban J connectivity index is 1.72. The Bertz CT molecular complexity index is 873. The monoisotopic (exact) mass is 413 g/mol. The SMILES string of the molecule is C[C@@]1(O)CCC[C@@H]1Oc1nc(N[C@@H]2CCN(S(C)(=O)=O)C[C@@H]2F)ncc1C#N. The molecule has 1 aromatic rings. The molecular formula is C17H24FN5O4S. The summed E-state index contributed by atoms with van der Waals surface area (Å²) in [5.74, 6) is 0.128. The summed E-state index contributed by atoms with van der Waals surface area (Å²) < 4.78 is 44.5. The fourth-order valence-corrected chi connectivity index (χ4v) is 4.40. The molecule has 4 atom stereocenters. The smallest absolute Gasteiger partial charge is 0.236 e. The van der Waals surface area contributed by atoms with Crippen LogP contribution < -0.4 is 10.1 Å². The van der Waals surface area contributed by atoms with E-state index in [0.717, 1.165) is 17.0 Å². The largest absolute Gasteiger partial charge is 0.470 e. The maximum absolute atomic E-state index is 14.4. The highest BCUT2D eigenvalue weighted by Crippen LogP contribution is 2.33. The summed E-state index contributed by atoms with van der Waals surface area (Å²) >= 11 is 0. The van der Waals surface area contributed by atoms with Crippen LogP contribution in [0.25, 0.3) is 0 Å². The van der Waals surface area contributed by atoms with E-state index in [0.29, 0.717) is 12.8 Å². The molecule has 2 N–H and O–H groups in total. The first kappa shape index (κ1) is 20.7. The van der Waals surface area contributed by atoms with Crippen LogP contribution in [-0.4, -0.2) is 71.1 Å². The highest BCUT2D eigenvalue weighted by Gasteiger charge is 2.39. The number of anilines is 1. The standard InChI is InChI=1S/C17H24FN5O4S/c1-17(24)6-3-4-14(17)27-15-11(8-19)9-20-16(22-15)21-13-5-7-23(10-12(13)18)28(2,25)26/h9,12-14,24H,3-7,10H2,1-2H3,(H,20,21,22)/t12-,13+,14-,17+/m0/s1. The zero-order valence-corrected chi connectivity index (χ0v) is 16.6. The van der Waals surface area contributed by atoms with Crippen LogP contribution in [0, 0.1) is 11.3 Å². The number of halogens is 1. The van der Waals surface area contributed by atoms with Crippen LogP contribution in [-0.2, 0) is 10.0 Å². The van der Waals surface area contributed by atoms with E-state index in [1.807, 2.05) is 6.07 Å². The van der Waals surface area contributed by atoms with E-state index in [4.69, 9.17) is 4.74 Å². The third-order valence-electron chi connectivity index (χ3n) is 5.26. The fraction of sp³-hybridized carbons (Fsp3) is 0.706. The Morgan fingerprint density at radius 1 is 1.50 bits per heavy atom. The maximum atomic E-state index is 14.4. The minimum atomic E-state index is -3.44. The second kappa shape index (κ2) is 7.77. The van der Waals surface area contributed by atoms with Crippen LogP contribution in [0.2, 0.25) is 0 Å². The van der Waals surface area contributed by atoms with Crippen molar-refractivity contribution in [2.45, 2.75) is 56.5 Å². The van der Waals surface area contributed by atoms with Crippen molar-refractivity contribution < 1.29 is 22.7 Å². The van der Waals surface area contributed by atoms with Gasteiger partial charge in [0, 0.05) is 13.1 Å². The van der Waals surface area contributed by atoms with Crippen molar-refractivity contribution in [1.29, 1.82) is 5.26 Å². The molecule has 1 aliphatic carbocycles. The van der Waals surface area contributed by atoms with Crippen LogP contribution >= 0.6 is 0 Å². The van der Waals surface area contributed by atoms with Gasteiger partial charge >= 0.3 is 0 Å². The zero-order chi connectivity index (χ0) is 20.5. The number of hydrogen-bond donors (Lipinski definition) is 2. The lowest BCUT2D eigenvalue weighted by molar-refractivity contribution is -0.0271. The number of nitrogens with one attached hydrogen (secondary N) is 1. The summed E-state index contributed by atoms with van der Waals surface area (Å²) in [7, 11) is -3.44. The van der Waals surface area contributed by atoms with Crippen LogP contribution in [0.15, 0.2) is 6.20 Å². The lowest BCUT2D eigenvalue weighted by atomic mass is 10.0. The number of hydrogen-bond acceptors (Lipinski definition) is 8.